The Bertz CT molecular complexity index is 1740. The number of pyridine rings is 2. The minimum absolute atomic E-state index is 0.0692. The van der Waals surface area contributed by atoms with E-state index in [-0.39, 0.29) is 5.41 Å². The zero-order chi connectivity index (χ0) is 25.2. The fraction of sp³-hybridized carbons (Fsp3) is 0.269. The van der Waals surface area contributed by atoms with Crippen LogP contribution in [0.1, 0.15) is 37.9 Å². The first-order valence-corrected chi connectivity index (χ1v) is 11.6. The number of aryl methyl sites for hydroxylation is 1. The largest absolute Gasteiger partial charge is 0.584 e. The zero-order valence-electron chi connectivity index (χ0n) is 20.0. The summed E-state index contributed by atoms with van der Waals surface area (Å²) in [5.74, 6) is -0.279. The normalized spacial score (nSPS) is 18.0. The number of hydrogen-bond acceptors (Lipinski definition) is 3. The van der Waals surface area contributed by atoms with Gasteiger partial charge in [-0.25, -0.2) is 4.98 Å². The van der Waals surface area contributed by atoms with Crippen molar-refractivity contribution >= 4 is 10.8 Å². The maximum Gasteiger partial charge on any atom is 0.584 e. The highest BCUT2D eigenvalue weighted by molar-refractivity contribution is 5.84. The second-order valence-corrected chi connectivity index (χ2v) is 10.4. The molecule has 7 nitrogen and oxygen atoms in total. The second kappa shape index (κ2) is 6.37. The molecule has 0 amide bonds. The molecule has 1 spiro atoms. The van der Waals surface area contributed by atoms with Crippen LogP contribution in [0.4, 0.5) is 13.2 Å². The predicted molar refractivity (Wildman–Crippen MR) is 124 cm³/mol. The van der Waals surface area contributed by atoms with Crippen LogP contribution in [0.25, 0.3) is 33.7 Å². The Kier molecular flexibility index (Phi) is 3.76. The Balaban J connectivity index is 1.63. The van der Waals surface area contributed by atoms with Crippen LogP contribution in [0, 0.1) is 6.92 Å². The first-order valence-electron chi connectivity index (χ1n) is 11.6. The Hall–Kier alpha value is -4.08. The number of rotatable bonds is 0. The molecule has 10 heteroatoms. The Morgan fingerprint density at radius 2 is 1.67 bits per heavy atom. The summed E-state index contributed by atoms with van der Waals surface area (Å²) in [6.07, 6.45) is -0.798. The zero-order valence-corrected chi connectivity index (χ0v) is 20.0. The lowest BCUT2D eigenvalue weighted by Gasteiger charge is -2.19. The molecule has 2 aliphatic rings. The number of alkyl halides is 3. The van der Waals surface area contributed by atoms with Crippen LogP contribution in [0.15, 0.2) is 60.9 Å². The van der Waals surface area contributed by atoms with Crippen molar-refractivity contribution in [2.24, 2.45) is 0 Å². The molecule has 4 aromatic heterocycles. The van der Waals surface area contributed by atoms with Gasteiger partial charge in [-0.15, -0.1) is 9.78 Å². The van der Waals surface area contributed by atoms with Crippen molar-refractivity contribution in [2.45, 2.75) is 45.2 Å². The third-order valence-corrected chi connectivity index (χ3v) is 7.05. The Morgan fingerprint density at radius 3 is 2.42 bits per heavy atom. The average Bonchev–Trinajstić information content (AvgIpc) is 3.53. The van der Waals surface area contributed by atoms with E-state index in [4.69, 9.17) is 0 Å². The monoisotopic (exact) mass is 489 g/mol. The molecule has 5 aromatic rings. The van der Waals surface area contributed by atoms with Gasteiger partial charge in [0.2, 0.25) is 11.5 Å². The summed E-state index contributed by atoms with van der Waals surface area (Å²) in [5.41, 5.74) is 1.83. The summed E-state index contributed by atoms with van der Waals surface area (Å²) in [6.45, 7) is 8.18. The van der Waals surface area contributed by atoms with Crippen molar-refractivity contribution in [3.05, 3.63) is 78.0 Å². The van der Waals surface area contributed by atoms with E-state index in [1.165, 1.54) is 4.68 Å². The Morgan fingerprint density at radius 1 is 0.861 bits per heavy atom. The van der Waals surface area contributed by atoms with E-state index in [0.29, 0.717) is 23.0 Å². The van der Waals surface area contributed by atoms with Gasteiger partial charge in [-0.2, -0.15) is 18.3 Å². The van der Waals surface area contributed by atoms with Crippen LogP contribution in [-0.2, 0) is 17.5 Å². The molecule has 6 heterocycles. The minimum Gasteiger partial charge on any atom is -0.206 e. The summed E-state index contributed by atoms with van der Waals surface area (Å²) in [6, 6.07) is 14.9. The molecule has 1 atom stereocenters. The molecule has 0 radical (unpaired) electrons. The summed E-state index contributed by atoms with van der Waals surface area (Å²) < 4.78 is 48.6. The summed E-state index contributed by atoms with van der Waals surface area (Å²) >= 11 is 0. The fourth-order valence-electron chi connectivity index (χ4n) is 5.38. The van der Waals surface area contributed by atoms with E-state index >= 15 is 0 Å². The fourth-order valence-corrected chi connectivity index (χ4v) is 5.38. The molecule has 36 heavy (non-hydrogen) atoms. The van der Waals surface area contributed by atoms with Crippen LogP contribution < -0.4 is 9.13 Å². The minimum atomic E-state index is -4.59. The van der Waals surface area contributed by atoms with Crippen molar-refractivity contribution in [1.29, 1.82) is 0 Å². The highest BCUT2D eigenvalue weighted by atomic mass is 19.4. The van der Waals surface area contributed by atoms with Gasteiger partial charge in [0.25, 0.3) is 5.69 Å². The quantitative estimate of drug-likeness (QED) is 0.303. The van der Waals surface area contributed by atoms with Gasteiger partial charge in [0.05, 0.1) is 0 Å². The van der Waals surface area contributed by atoms with Crippen LogP contribution in [0.3, 0.4) is 0 Å². The molecule has 0 aliphatic carbocycles. The summed E-state index contributed by atoms with van der Waals surface area (Å²) in [7, 11) is 0. The van der Waals surface area contributed by atoms with Gasteiger partial charge in [-0.1, -0.05) is 46.7 Å². The van der Waals surface area contributed by atoms with E-state index in [0.717, 1.165) is 28.1 Å². The molecule has 180 valence electrons. The lowest BCUT2D eigenvalue weighted by Crippen LogP contribution is -2.77. The first kappa shape index (κ1) is 21.2. The van der Waals surface area contributed by atoms with E-state index in [1.807, 2.05) is 45.8 Å². The maximum atomic E-state index is 13.9. The molecule has 0 fully saturated rings. The van der Waals surface area contributed by atoms with Crippen molar-refractivity contribution in [3.63, 3.8) is 0 Å². The van der Waals surface area contributed by atoms with Gasteiger partial charge in [0, 0.05) is 29.7 Å². The highest BCUT2D eigenvalue weighted by Gasteiger charge is 2.70. The number of fused-ring (bicyclic) bond motifs is 11. The van der Waals surface area contributed by atoms with Gasteiger partial charge >= 0.3 is 12.1 Å². The predicted octanol–water partition coefficient (Wildman–Crippen LogP) is 4.00. The van der Waals surface area contributed by atoms with Crippen molar-refractivity contribution in [2.75, 3.05) is 0 Å². The number of halogens is 3. The summed E-state index contributed by atoms with van der Waals surface area (Å²) in [5, 5.41) is 10.7. The third-order valence-electron chi connectivity index (χ3n) is 7.05. The number of aromatic nitrogens is 7. The molecular formula is C26H22F3N7+2. The van der Waals surface area contributed by atoms with Gasteiger partial charge in [-0.3, -0.25) is 0 Å². The number of hydrogen-bond donors (Lipinski definition) is 0. The molecule has 0 bridgehead atoms. The molecule has 2 aliphatic heterocycles. The Labute approximate surface area is 204 Å². The molecule has 0 saturated carbocycles. The maximum absolute atomic E-state index is 13.9. The van der Waals surface area contributed by atoms with Crippen molar-refractivity contribution < 1.29 is 22.3 Å². The molecular weight excluding hydrogens is 467 g/mol. The van der Waals surface area contributed by atoms with E-state index in [1.54, 1.807) is 11.6 Å². The van der Waals surface area contributed by atoms with Gasteiger partial charge in [-0.05, 0) is 35.4 Å². The van der Waals surface area contributed by atoms with E-state index in [9.17, 15) is 13.2 Å². The third kappa shape index (κ3) is 2.51. The SMILES string of the molecule is Cc1nc2n(n1)C1(n3nc(C(F)(F)F)cc3-c3cc4cc(C(C)(C)C)ccc4c[n+]31)[n+]1ccccc1-2. The van der Waals surface area contributed by atoms with Gasteiger partial charge < -0.3 is 0 Å². The number of nitrogens with zero attached hydrogens (tertiary/aromatic N) is 7. The highest BCUT2D eigenvalue weighted by Crippen LogP contribution is 2.41. The van der Waals surface area contributed by atoms with Gasteiger partial charge in [0.15, 0.2) is 23.8 Å². The number of benzene rings is 1. The van der Waals surface area contributed by atoms with Crippen LogP contribution >= 0.6 is 0 Å². The van der Waals surface area contributed by atoms with Gasteiger partial charge in [0.1, 0.15) is 5.82 Å². The average molecular weight is 490 g/mol. The molecule has 7 rings (SSSR count). The second-order valence-electron chi connectivity index (χ2n) is 10.4. The molecule has 1 unspecified atom stereocenters. The molecule has 0 saturated heterocycles. The van der Waals surface area contributed by atoms with Crippen LogP contribution in [0.2, 0.25) is 0 Å². The lowest BCUT2D eigenvalue weighted by atomic mass is 9.86. The molecule has 0 N–H and O–H groups in total. The van der Waals surface area contributed by atoms with E-state index in [2.05, 4.69) is 54.2 Å². The molecule has 1 aromatic carbocycles. The first-order chi connectivity index (χ1) is 17.0. The summed E-state index contributed by atoms with van der Waals surface area (Å²) in [4.78, 5) is 4.61. The lowest BCUT2D eigenvalue weighted by molar-refractivity contribution is -0.990. The standard InChI is InChI=1S/C26H22F3N7/c1-15-30-23-19-7-5-6-10-33(19)26(36(23)31-15)34-14-16-8-9-18(24(2,3)4)11-17(16)12-20(34)21-13-22(25(27,28)29)32-35(21)26/h5-14H,1-4H3/q+2. The smallest absolute Gasteiger partial charge is 0.206 e. The van der Waals surface area contributed by atoms with Crippen molar-refractivity contribution in [3.8, 4) is 22.9 Å². The van der Waals surface area contributed by atoms with Crippen LogP contribution in [0.5, 0.6) is 0 Å². The van der Waals surface area contributed by atoms with Crippen LogP contribution in [-0.4, -0.2) is 24.5 Å². The van der Waals surface area contributed by atoms with E-state index < -0.39 is 17.8 Å². The van der Waals surface area contributed by atoms with Crippen molar-refractivity contribution in [1.82, 2.24) is 24.5 Å². The topological polar surface area (TPSA) is 56.3 Å².